The van der Waals surface area contributed by atoms with E-state index in [1.54, 1.807) is 12.1 Å². The Bertz CT molecular complexity index is 978. The summed E-state index contributed by atoms with van der Waals surface area (Å²) in [6.07, 6.45) is 4.93. The standard InChI is InChI=1S/C25H31FN4O2/c1-2-14-29-15-6-5-12-23(29)24(31)30-16-13-19-18(17-30)8-7-11-21(19)27-25(32)28-22-10-4-3-9-20(22)26/h3-4,7-11,23H,2,5-6,12-17H2,1H3,(H2,27,28,32). The number of para-hydroxylation sites is 1. The maximum Gasteiger partial charge on any atom is 0.323 e. The van der Waals surface area contributed by atoms with Gasteiger partial charge in [-0.15, -0.1) is 0 Å². The van der Waals surface area contributed by atoms with Crippen LogP contribution in [0.2, 0.25) is 0 Å². The molecular weight excluding hydrogens is 407 g/mol. The van der Waals surface area contributed by atoms with Crippen molar-refractivity contribution in [1.29, 1.82) is 0 Å². The van der Waals surface area contributed by atoms with E-state index in [4.69, 9.17) is 0 Å². The summed E-state index contributed by atoms with van der Waals surface area (Å²) < 4.78 is 13.8. The van der Waals surface area contributed by atoms with Crippen LogP contribution < -0.4 is 10.6 Å². The highest BCUT2D eigenvalue weighted by molar-refractivity contribution is 6.00. The van der Waals surface area contributed by atoms with Crippen LogP contribution in [0.5, 0.6) is 0 Å². The fraction of sp³-hybridized carbons (Fsp3) is 0.440. The largest absolute Gasteiger partial charge is 0.337 e. The number of carbonyl (C=O) groups is 2. The summed E-state index contributed by atoms with van der Waals surface area (Å²) in [5, 5.41) is 5.41. The Morgan fingerprint density at radius 3 is 2.62 bits per heavy atom. The number of anilines is 2. The molecule has 0 radical (unpaired) electrons. The highest BCUT2D eigenvalue weighted by atomic mass is 19.1. The van der Waals surface area contributed by atoms with Crippen molar-refractivity contribution in [3.63, 3.8) is 0 Å². The molecule has 0 bridgehead atoms. The van der Waals surface area contributed by atoms with Crippen molar-refractivity contribution in [2.24, 2.45) is 0 Å². The van der Waals surface area contributed by atoms with Crippen molar-refractivity contribution in [3.8, 4) is 0 Å². The first kappa shape index (κ1) is 22.3. The van der Waals surface area contributed by atoms with E-state index in [1.165, 1.54) is 12.1 Å². The second-order valence-corrected chi connectivity index (χ2v) is 8.56. The molecule has 2 heterocycles. The molecule has 4 rings (SSSR count). The lowest BCUT2D eigenvalue weighted by Gasteiger charge is -2.39. The summed E-state index contributed by atoms with van der Waals surface area (Å²) in [5.41, 5.74) is 2.92. The number of nitrogens with one attached hydrogen (secondary N) is 2. The summed E-state index contributed by atoms with van der Waals surface area (Å²) >= 11 is 0. The molecule has 32 heavy (non-hydrogen) atoms. The Morgan fingerprint density at radius 1 is 1.03 bits per heavy atom. The molecule has 0 spiro atoms. The van der Waals surface area contributed by atoms with Crippen LogP contribution in [-0.2, 0) is 17.8 Å². The molecule has 170 valence electrons. The van der Waals surface area contributed by atoms with Gasteiger partial charge >= 0.3 is 6.03 Å². The summed E-state index contributed by atoms with van der Waals surface area (Å²) in [6.45, 7) is 5.31. The summed E-state index contributed by atoms with van der Waals surface area (Å²) in [7, 11) is 0. The fourth-order valence-electron chi connectivity index (χ4n) is 4.79. The predicted molar refractivity (Wildman–Crippen MR) is 124 cm³/mol. The number of halogens is 1. The van der Waals surface area contributed by atoms with E-state index in [2.05, 4.69) is 22.5 Å². The van der Waals surface area contributed by atoms with Gasteiger partial charge in [-0.3, -0.25) is 9.69 Å². The van der Waals surface area contributed by atoms with Gasteiger partial charge in [-0.25, -0.2) is 9.18 Å². The van der Waals surface area contributed by atoms with Crippen LogP contribution in [0.15, 0.2) is 42.5 Å². The average Bonchev–Trinajstić information content (AvgIpc) is 2.80. The number of carbonyl (C=O) groups excluding carboxylic acids is 2. The van der Waals surface area contributed by atoms with Crippen LogP contribution in [0.25, 0.3) is 0 Å². The zero-order chi connectivity index (χ0) is 22.5. The molecule has 1 atom stereocenters. The number of benzene rings is 2. The van der Waals surface area contributed by atoms with Crippen molar-refractivity contribution in [2.45, 2.75) is 51.6 Å². The van der Waals surface area contributed by atoms with E-state index in [0.29, 0.717) is 25.2 Å². The zero-order valence-corrected chi connectivity index (χ0v) is 18.6. The Morgan fingerprint density at radius 2 is 1.81 bits per heavy atom. The molecular formula is C25H31FN4O2. The van der Waals surface area contributed by atoms with Gasteiger partial charge in [-0.2, -0.15) is 0 Å². The van der Waals surface area contributed by atoms with Crippen LogP contribution in [0.4, 0.5) is 20.6 Å². The third-order valence-electron chi connectivity index (χ3n) is 6.36. The molecule has 2 aromatic carbocycles. The van der Waals surface area contributed by atoms with E-state index in [-0.39, 0.29) is 17.6 Å². The third-order valence-corrected chi connectivity index (χ3v) is 6.36. The highest BCUT2D eigenvalue weighted by Crippen LogP contribution is 2.28. The quantitative estimate of drug-likeness (QED) is 0.716. The van der Waals surface area contributed by atoms with Gasteiger partial charge in [0.1, 0.15) is 5.82 Å². The van der Waals surface area contributed by atoms with Crippen LogP contribution in [0, 0.1) is 5.82 Å². The maximum absolute atomic E-state index is 13.8. The molecule has 1 unspecified atom stereocenters. The topological polar surface area (TPSA) is 64.7 Å². The molecule has 2 aliphatic heterocycles. The van der Waals surface area contributed by atoms with Crippen molar-refractivity contribution in [3.05, 3.63) is 59.4 Å². The lowest BCUT2D eigenvalue weighted by Crippen LogP contribution is -2.52. The van der Waals surface area contributed by atoms with Crippen LogP contribution in [0.3, 0.4) is 0 Å². The molecule has 3 amide bonds. The fourth-order valence-corrected chi connectivity index (χ4v) is 4.79. The van der Waals surface area contributed by atoms with E-state index in [1.807, 2.05) is 23.1 Å². The third kappa shape index (κ3) is 4.93. The molecule has 1 fully saturated rings. The Balaban J connectivity index is 1.43. The van der Waals surface area contributed by atoms with Gasteiger partial charge in [0.05, 0.1) is 11.7 Å². The second-order valence-electron chi connectivity index (χ2n) is 8.56. The average molecular weight is 439 g/mol. The minimum Gasteiger partial charge on any atom is -0.337 e. The summed E-state index contributed by atoms with van der Waals surface area (Å²) in [6, 6.07) is 11.3. The molecule has 6 nitrogen and oxygen atoms in total. The van der Waals surface area contributed by atoms with Gasteiger partial charge in [0.2, 0.25) is 5.91 Å². The van der Waals surface area contributed by atoms with Crippen molar-refractivity contribution < 1.29 is 14.0 Å². The van der Waals surface area contributed by atoms with Crippen LogP contribution >= 0.6 is 0 Å². The van der Waals surface area contributed by atoms with Crippen LogP contribution in [0.1, 0.15) is 43.7 Å². The molecule has 2 aromatic rings. The first-order valence-corrected chi connectivity index (χ1v) is 11.5. The van der Waals surface area contributed by atoms with E-state index in [0.717, 1.165) is 49.9 Å². The number of fused-ring (bicyclic) bond motifs is 1. The van der Waals surface area contributed by atoms with E-state index < -0.39 is 11.8 Å². The number of likely N-dealkylation sites (tertiary alicyclic amines) is 1. The molecule has 0 aromatic heterocycles. The number of nitrogens with zero attached hydrogens (tertiary/aromatic N) is 2. The molecule has 0 saturated carbocycles. The van der Waals surface area contributed by atoms with Crippen LogP contribution in [-0.4, -0.2) is 47.4 Å². The Labute approximate surface area is 188 Å². The SMILES string of the molecule is CCCN1CCCCC1C(=O)N1CCc2c(cccc2NC(=O)Nc2ccccc2F)C1. The van der Waals surface area contributed by atoms with Gasteiger partial charge < -0.3 is 15.5 Å². The molecule has 2 aliphatic rings. The number of rotatable bonds is 5. The number of urea groups is 1. The second kappa shape index (κ2) is 10.1. The first-order valence-electron chi connectivity index (χ1n) is 11.5. The van der Waals surface area contributed by atoms with Crippen molar-refractivity contribution >= 4 is 23.3 Å². The minimum absolute atomic E-state index is 0.0156. The zero-order valence-electron chi connectivity index (χ0n) is 18.6. The summed E-state index contributed by atoms with van der Waals surface area (Å²) in [4.78, 5) is 30.1. The number of hydrogen-bond acceptors (Lipinski definition) is 3. The van der Waals surface area contributed by atoms with Gasteiger partial charge in [-0.1, -0.05) is 37.6 Å². The van der Waals surface area contributed by atoms with Gasteiger partial charge in [0.25, 0.3) is 0 Å². The lowest BCUT2D eigenvalue weighted by atomic mass is 9.95. The van der Waals surface area contributed by atoms with Crippen molar-refractivity contribution in [2.75, 3.05) is 30.3 Å². The summed E-state index contributed by atoms with van der Waals surface area (Å²) in [5.74, 6) is -0.258. The number of piperidine rings is 1. The van der Waals surface area contributed by atoms with E-state index in [9.17, 15) is 14.0 Å². The lowest BCUT2D eigenvalue weighted by molar-refractivity contribution is -0.139. The Hall–Kier alpha value is -2.93. The molecule has 0 aliphatic carbocycles. The molecule has 1 saturated heterocycles. The maximum atomic E-state index is 13.8. The first-order chi connectivity index (χ1) is 15.6. The van der Waals surface area contributed by atoms with Crippen molar-refractivity contribution in [1.82, 2.24) is 9.80 Å². The molecule has 7 heteroatoms. The van der Waals surface area contributed by atoms with Gasteiger partial charge in [0, 0.05) is 18.8 Å². The van der Waals surface area contributed by atoms with E-state index >= 15 is 0 Å². The van der Waals surface area contributed by atoms with Gasteiger partial charge in [-0.05, 0) is 68.1 Å². The minimum atomic E-state index is -0.487. The Kier molecular flexibility index (Phi) is 7.05. The number of amides is 3. The monoisotopic (exact) mass is 438 g/mol. The highest BCUT2D eigenvalue weighted by Gasteiger charge is 2.33. The number of hydrogen-bond donors (Lipinski definition) is 2. The molecule has 2 N–H and O–H groups in total. The smallest absolute Gasteiger partial charge is 0.323 e. The predicted octanol–water partition coefficient (Wildman–Crippen LogP) is 4.62. The van der Waals surface area contributed by atoms with Gasteiger partial charge in [0.15, 0.2) is 0 Å². The normalized spacial score (nSPS) is 18.7.